The molecule has 0 atom stereocenters. The number of amides is 1. The van der Waals surface area contributed by atoms with Gasteiger partial charge in [-0.2, -0.15) is 5.10 Å². The molecular weight excluding hydrogens is 374 g/mol. The number of benzene rings is 1. The summed E-state index contributed by atoms with van der Waals surface area (Å²) in [5.41, 5.74) is 13.8. The van der Waals surface area contributed by atoms with E-state index in [0.29, 0.717) is 5.56 Å². The molecule has 2 aromatic heterocycles. The van der Waals surface area contributed by atoms with E-state index in [1.165, 1.54) is 12.3 Å². The molecule has 3 aromatic rings. The third-order valence-corrected chi connectivity index (χ3v) is 3.11. The second-order valence-corrected chi connectivity index (χ2v) is 5.05. The Bertz CT molecular complexity index is 1010. The first-order chi connectivity index (χ1) is 13.5. The van der Waals surface area contributed by atoms with Gasteiger partial charge in [0.15, 0.2) is 0 Å². The van der Waals surface area contributed by atoms with Crippen LogP contribution in [0.3, 0.4) is 0 Å². The third kappa shape index (κ3) is 4.34. The van der Waals surface area contributed by atoms with E-state index in [0.717, 1.165) is 5.01 Å². The fraction of sp³-hybridized carbons (Fsp3) is 0.0769. The van der Waals surface area contributed by atoms with Gasteiger partial charge in [-0.05, 0) is 32.8 Å². The average Bonchev–Trinajstić information content (AvgIpc) is 3.28. The number of hydrazone groups is 1. The number of carbonyl (C=O) groups is 1. The van der Waals surface area contributed by atoms with E-state index in [-0.39, 0.29) is 29.0 Å². The number of anilines is 3. The Hall–Kier alpha value is -4.56. The monoisotopic (exact) mass is 387 g/mol. The van der Waals surface area contributed by atoms with Crippen molar-refractivity contribution >= 4 is 35.4 Å². The number of hydrogen-bond donors (Lipinski definition) is 4. The van der Waals surface area contributed by atoms with Crippen molar-refractivity contribution in [3.63, 3.8) is 0 Å². The number of nitrogens with one attached hydrogen (secondary N) is 1. The van der Waals surface area contributed by atoms with Crippen LogP contribution in [0.2, 0.25) is 0 Å². The minimum absolute atomic E-state index is 0.0104. The lowest BCUT2D eigenvalue weighted by atomic mass is 10.2. The molecule has 28 heavy (non-hydrogen) atoms. The number of rotatable bonds is 7. The van der Waals surface area contributed by atoms with E-state index < -0.39 is 12.5 Å². The van der Waals surface area contributed by atoms with Crippen LogP contribution < -0.4 is 21.9 Å². The number of hydrogen-bond acceptors (Lipinski definition) is 13. The third-order valence-electron chi connectivity index (χ3n) is 3.11. The van der Waals surface area contributed by atoms with Crippen molar-refractivity contribution in [2.24, 2.45) is 15.4 Å². The van der Waals surface area contributed by atoms with Gasteiger partial charge in [-0.15, -0.1) is 5.11 Å². The Morgan fingerprint density at radius 2 is 1.93 bits per heavy atom. The van der Waals surface area contributed by atoms with E-state index in [1.807, 2.05) is 0 Å². The molecule has 3 rings (SSSR count). The van der Waals surface area contributed by atoms with Crippen LogP contribution >= 0.6 is 0 Å². The Morgan fingerprint density at radius 1 is 1.18 bits per heavy atom. The lowest BCUT2D eigenvalue weighted by Gasteiger charge is -2.12. The number of aromatic nitrogens is 4. The smallest absolute Gasteiger partial charge is 0.263 e. The topological polar surface area (TPSA) is 220 Å². The van der Waals surface area contributed by atoms with Crippen molar-refractivity contribution < 1.29 is 19.2 Å². The standard InChI is InChI=1S/C13H13N11O4/c14-10-12(21-27-19-10)18-23-24(13-11(15)20-28-22-13)6-9(26)17-16-5-7-3-1-2-4-8(7)25/h1-5,25H,6H2,(H2,14,19)(H2,15,20)(H,17,26)/b16-5-,23-18?. The summed E-state index contributed by atoms with van der Waals surface area (Å²) in [7, 11) is 0. The molecule has 0 bridgehead atoms. The van der Waals surface area contributed by atoms with Crippen molar-refractivity contribution in [2.45, 2.75) is 0 Å². The van der Waals surface area contributed by atoms with Gasteiger partial charge in [0.1, 0.15) is 12.3 Å². The quantitative estimate of drug-likeness (QED) is 0.239. The molecule has 0 unspecified atom stereocenters. The number of phenols is 1. The van der Waals surface area contributed by atoms with Gasteiger partial charge in [-0.25, -0.2) is 19.7 Å². The van der Waals surface area contributed by atoms with E-state index in [4.69, 9.17) is 11.5 Å². The molecule has 6 N–H and O–H groups in total. The van der Waals surface area contributed by atoms with Crippen LogP contribution in [0.15, 0.2) is 49.0 Å². The number of nitrogens with zero attached hydrogens (tertiary/aromatic N) is 8. The van der Waals surface area contributed by atoms with Gasteiger partial charge >= 0.3 is 0 Å². The van der Waals surface area contributed by atoms with Crippen LogP contribution in [0.5, 0.6) is 5.75 Å². The minimum Gasteiger partial charge on any atom is -0.507 e. The summed E-state index contributed by atoms with van der Waals surface area (Å²) in [5.74, 6) is -1.02. The van der Waals surface area contributed by atoms with Crippen molar-refractivity contribution in [3.8, 4) is 5.75 Å². The molecule has 144 valence electrons. The molecular formula is C13H13N11O4. The van der Waals surface area contributed by atoms with E-state index in [2.05, 4.69) is 50.7 Å². The second-order valence-electron chi connectivity index (χ2n) is 5.05. The fourth-order valence-corrected chi connectivity index (χ4v) is 1.82. The zero-order valence-corrected chi connectivity index (χ0v) is 14.0. The van der Waals surface area contributed by atoms with Crippen LogP contribution in [0.25, 0.3) is 0 Å². The van der Waals surface area contributed by atoms with Gasteiger partial charge in [-0.1, -0.05) is 17.4 Å². The zero-order valence-electron chi connectivity index (χ0n) is 14.0. The van der Waals surface area contributed by atoms with Crippen molar-refractivity contribution in [3.05, 3.63) is 29.8 Å². The first-order valence-corrected chi connectivity index (χ1v) is 7.49. The molecule has 0 aliphatic carbocycles. The highest BCUT2D eigenvalue weighted by Gasteiger charge is 2.19. The normalized spacial score (nSPS) is 11.3. The molecule has 0 saturated carbocycles. The van der Waals surface area contributed by atoms with E-state index in [9.17, 15) is 9.90 Å². The molecule has 0 saturated heterocycles. The fourth-order valence-electron chi connectivity index (χ4n) is 1.82. The maximum Gasteiger partial charge on any atom is 0.263 e. The van der Waals surface area contributed by atoms with Crippen LogP contribution in [-0.4, -0.2) is 44.4 Å². The van der Waals surface area contributed by atoms with Crippen LogP contribution in [0.4, 0.5) is 23.3 Å². The highest BCUT2D eigenvalue weighted by molar-refractivity contribution is 5.86. The molecule has 0 radical (unpaired) electrons. The van der Waals surface area contributed by atoms with Gasteiger partial charge in [0.25, 0.3) is 11.7 Å². The van der Waals surface area contributed by atoms with Gasteiger partial charge in [0.05, 0.1) is 6.21 Å². The number of phenolic OH excluding ortho intramolecular Hbond substituents is 1. The molecule has 0 spiro atoms. The summed E-state index contributed by atoms with van der Waals surface area (Å²) < 4.78 is 8.88. The number of carbonyl (C=O) groups excluding carboxylic acids is 1. The van der Waals surface area contributed by atoms with Gasteiger partial charge < -0.3 is 16.6 Å². The Labute approximate surface area is 155 Å². The maximum atomic E-state index is 12.1. The molecule has 0 aliphatic heterocycles. The summed E-state index contributed by atoms with van der Waals surface area (Å²) in [6.07, 6.45) is 1.27. The van der Waals surface area contributed by atoms with Crippen LogP contribution in [0, 0.1) is 0 Å². The summed E-state index contributed by atoms with van der Waals surface area (Å²) >= 11 is 0. The van der Waals surface area contributed by atoms with Crippen molar-refractivity contribution in [2.75, 3.05) is 23.0 Å². The van der Waals surface area contributed by atoms with Gasteiger partial charge in [-0.3, -0.25) is 4.79 Å². The molecule has 0 aliphatic rings. The summed E-state index contributed by atoms with van der Waals surface area (Å²) in [4.78, 5) is 12.1. The molecule has 1 amide bonds. The zero-order chi connectivity index (χ0) is 19.9. The van der Waals surface area contributed by atoms with Crippen LogP contribution in [0.1, 0.15) is 5.56 Å². The molecule has 15 nitrogen and oxygen atoms in total. The number of aromatic hydroxyl groups is 1. The maximum absolute atomic E-state index is 12.1. The second kappa shape index (κ2) is 8.21. The Morgan fingerprint density at radius 3 is 2.61 bits per heavy atom. The SMILES string of the molecule is Nc1nonc1N=NN(CC(=O)N/N=C\c1ccccc1O)c1nonc1N. The number of nitrogen functional groups attached to an aromatic ring is 2. The van der Waals surface area contributed by atoms with E-state index in [1.54, 1.807) is 18.2 Å². The number of nitrogens with two attached hydrogens (primary N) is 2. The molecule has 2 heterocycles. The average molecular weight is 387 g/mol. The van der Waals surface area contributed by atoms with Crippen molar-refractivity contribution in [1.29, 1.82) is 0 Å². The predicted octanol–water partition coefficient (Wildman–Crippen LogP) is -0.0218. The summed E-state index contributed by atoms with van der Waals surface area (Å²) in [5, 5.41) is 35.6. The largest absolute Gasteiger partial charge is 0.507 e. The Kier molecular flexibility index (Phi) is 5.35. The number of para-hydroxylation sites is 1. The lowest BCUT2D eigenvalue weighted by molar-refractivity contribution is -0.119. The highest BCUT2D eigenvalue weighted by atomic mass is 16.6. The minimum atomic E-state index is -0.612. The predicted molar refractivity (Wildman–Crippen MR) is 93.1 cm³/mol. The van der Waals surface area contributed by atoms with E-state index >= 15 is 0 Å². The first kappa shape index (κ1) is 18.2. The van der Waals surface area contributed by atoms with Gasteiger partial charge in [0, 0.05) is 5.56 Å². The highest BCUT2D eigenvalue weighted by Crippen LogP contribution is 2.21. The Balaban J connectivity index is 1.69. The lowest BCUT2D eigenvalue weighted by Crippen LogP contribution is -2.32. The van der Waals surface area contributed by atoms with Gasteiger partial charge in [0.2, 0.25) is 17.5 Å². The molecule has 1 aromatic carbocycles. The molecule has 15 heteroatoms. The summed E-state index contributed by atoms with van der Waals surface area (Å²) in [6, 6.07) is 6.46. The summed E-state index contributed by atoms with van der Waals surface area (Å²) in [6.45, 7) is -0.411. The van der Waals surface area contributed by atoms with Crippen molar-refractivity contribution in [1.82, 2.24) is 26.1 Å². The van der Waals surface area contributed by atoms with Crippen LogP contribution in [-0.2, 0) is 4.79 Å². The molecule has 0 fully saturated rings. The first-order valence-electron chi connectivity index (χ1n) is 7.49.